The number of rotatable bonds is 5. The first kappa shape index (κ1) is 11.3. The molecule has 0 aliphatic carbocycles. The normalized spacial score (nSPS) is 9.60. The molecule has 15 heavy (non-hydrogen) atoms. The summed E-state index contributed by atoms with van der Waals surface area (Å²) in [6.45, 7) is 0.697. The quantitative estimate of drug-likeness (QED) is 0.788. The Balaban J connectivity index is 2.27. The molecule has 1 N–H and O–H groups in total. The van der Waals surface area contributed by atoms with Crippen LogP contribution in [0.3, 0.4) is 0 Å². The van der Waals surface area contributed by atoms with Gasteiger partial charge in [-0.05, 0) is 18.1 Å². The predicted octanol–water partition coefficient (Wildman–Crippen LogP) is 1.32. The molecule has 0 unspecified atom stereocenters. The maximum Gasteiger partial charge on any atom is 0.223 e. The average Bonchev–Trinajstić information content (AvgIpc) is 2.75. The Morgan fingerprint density at radius 2 is 2.47 bits per heavy atom. The Bertz CT molecular complexity index is 337. The Kier molecular flexibility index (Phi) is 4.42. The van der Waals surface area contributed by atoms with Gasteiger partial charge in [-0.15, -0.1) is 0 Å². The lowest BCUT2D eigenvalue weighted by Gasteiger charge is -2.15. The summed E-state index contributed by atoms with van der Waals surface area (Å²) < 4.78 is 0. The minimum atomic E-state index is 0.0343. The van der Waals surface area contributed by atoms with Crippen molar-refractivity contribution in [3.8, 4) is 6.07 Å². The molecular formula is C11H15N3O. The van der Waals surface area contributed by atoms with Crippen molar-refractivity contribution in [2.45, 2.75) is 19.3 Å². The molecule has 1 aromatic rings. The summed E-state index contributed by atoms with van der Waals surface area (Å²) in [6.07, 6.45) is 5.26. The summed E-state index contributed by atoms with van der Waals surface area (Å²) >= 11 is 0. The van der Waals surface area contributed by atoms with E-state index in [1.807, 2.05) is 24.5 Å². The number of hydrogen-bond donors (Lipinski definition) is 1. The molecule has 0 spiro atoms. The third-order valence-electron chi connectivity index (χ3n) is 2.27. The van der Waals surface area contributed by atoms with E-state index in [0.717, 1.165) is 6.42 Å². The summed E-state index contributed by atoms with van der Waals surface area (Å²) in [5.41, 5.74) is 1.19. The molecule has 0 aromatic carbocycles. The molecule has 0 saturated carbocycles. The first-order valence-electron chi connectivity index (χ1n) is 4.96. The van der Waals surface area contributed by atoms with Crippen molar-refractivity contribution in [3.63, 3.8) is 0 Å². The number of hydrogen-bond acceptors (Lipinski definition) is 2. The van der Waals surface area contributed by atoms with Crippen LogP contribution in [0.4, 0.5) is 0 Å². The highest BCUT2D eigenvalue weighted by Crippen LogP contribution is 2.01. The molecule has 4 heteroatoms. The Morgan fingerprint density at radius 3 is 3.07 bits per heavy atom. The highest BCUT2D eigenvalue weighted by molar-refractivity contribution is 5.76. The number of aromatic amines is 1. The fraction of sp³-hybridized carbons (Fsp3) is 0.455. The van der Waals surface area contributed by atoms with Gasteiger partial charge in [0.05, 0.1) is 6.07 Å². The van der Waals surface area contributed by atoms with Crippen LogP contribution in [0.5, 0.6) is 0 Å². The summed E-state index contributed by atoms with van der Waals surface area (Å²) in [4.78, 5) is 16.1. The van der Waals surface area contributed by atoms with Gasteiger partial charge in [0.15, 0.2) is 0 Å². The van der Waals surface area contributed by atoms with E-state index in [4.69, 9.17) is 5.26 Å². The summed E-state index contributed by atoms with van der Waals surface area (Å²) in [5, 5.41) is 8.35. The zero-order chi connectivity index (χ0) is 11.1. The van der Waals surface area contributed by atoms with Crippen LogP contribution in [0, 0.1) is 11.3 Å². The number of nitriles is 1. The number of H-pyrrole nitrogens is 1. The molecule has 1 heterocycles. The van der Waals surface area contributed by atoms with Crippen LogP contribution in [0.25, 0.3) is 0 Å². The van der Waals surface area contributed by atoms with E-state index in [9.17, 15) is 4.79 Å². The molecule has 0 radical (unpaired) electrons. The molecule has 1 aromatic heterocycles. The number of nitrogens with one attached hydrogen (secondary N) is 1. The van der Waals surface area contributed by atoms with E-state index in [1.165, 1.54) is 5.56 Å². The summed E-state index contributed by atoms with van der Waals surface area (Å²) in [6, 6.07) is 3.96. The lowest BCUT2D eigenvalue weighted by molar-refractivity contribution is -0.129. The van der Waals surface area contributed by atoms with Crippen molar-refractivity contribution in [3.05, 3.63) is 24.0 Å². The second kappa shape index (κ2) is 5.86. The zero-order valence-corrected chi connectivity index (χ0v) is 8.86. The van der Waals surface area contributed by atoms with Crippen LogP contribution in [-0.2, 0) is 11.2 Å². The van der Waals surface area contributed by atoms with Gasteiger partial charge in [-0.25, -0.2) is 0 Å². The SMILES string of the molecule is CN(CCc1cc[nH]c1)C(=O)CCC#N. The fourth-order valence-electron chi connectivity index (χ4n) is 1.29. The van der Waals surface area contributed by atoms with Gasteiger partial charge < -0.3 is 9.88 Å². The van der Waals surface area contributed by atoms with Gasteiger partial charge in [0, 0.05) is 38.8 Å². The largest absolute Gasteiger partial charge is 0.367 e. The monoisotopic (exact) mass is 205 g/mol. The molecule has 0 saturated heterocycles. The standard InChI is InChI=1S/C11H15N3O/c1-14(11(15)3-2-6-12)8-5-10-4-7-13-9-10/h4,7,9,13H,2-3,5,8H2,1H3. The van der Waals surface area contributed by atoms with Gasteiger partial charge in [0.2, 0.25) is 5.91 Å². The third kappa shape index (κ3) is 3.86. The molecule has 0 bridgehead atoms. The lowest BCUT2D eigenvalue weighted by Crippen LogP contribution is -2.28. The van der Waals surface area contributed by atoms with E-state index >= 15 is 0 Å². The minimum absolute atomic E-state index is 0.0343. The first-order valence-corrected chi connectivity index (χ1v) is 4.96. The molecule has 0 aliphatic rings. The second-order valence-electron chi connectivity index (χ2n) is 3.44. The van der Waals surface area contributed by atoms with Gasteiger partial charge in [-0.3, -0.25) is 4.79 Å². The van der Waals surface area contributed by atoms with E-state index in [-0.39, 0.29) is 5.91 Å². The van der Waals surface area contributed by atoms with Crippen LogP contribution in [-0.4, -0.2) is 29.4 Å². The molecule has 1 rings (SSSR count). The highest BCUT2D eigenvalue weighted by atomic mass is 16.2. The number of carbonyl (C=O) groups is 1. The molecular weight excluding hydrogens is 190 g/mol. The van der Waals surface area contributed by atoms with Crippen molar-refractivity contribution in [1.82, 2.24) is 9.88 Å². The van der Waals surface area contributed by atoms with Crippen molar-refractivity contribution in [2.75, 3.05) is 13.6 Å². The van der Waals surface area contributed by atoms with Crippen molar-refractivity contribution in [1.29, 1.82) is 5.26 Å². The second-order valence-corrected chi connectivity index (χ2v) is 3.44. The van der Waals surface area contributed by atoms with Crippen molar-refractivity contribution >= 4 is 5.91 Å². The predicted molar refractivity (Wildman–Crippen MR) is 57.0 cm³/mol. The lowest BCUT2D eigenvalue weighted by atomic mass is 10.2. The topological polar surface area (TPSA) is 59.9 Å². The molecule has 80 valence electrons. The van der Waals surface area contributed by atoms with Crippen LogP contribution in [0.15, 0.2) is 18.5 Å². The number of nitrogens with zero attached hydrogens (tertiary/aromatic N) is 2. The smallest absolute Gasteiger partial charge is 0.223 e. The molecule has 0 fully saturated rings. The van der Waals surface area contributed by atoms with Crippen LogP contribution < -0.4 is 0 Å². The van der Waals surface area contributed by atoms with E-state index in [0.29, 0.717) is 19.4 Å². The fourth-order valence-corrected chi connectivity index (χ4v) is 1.29. The Morgan fingerprint density at radius 1 is 1.67 bits per heavy atom. The number of amides is 1. The van der Waals surface area contributed by atoms with Gasteiger partial charge in [0.1, 0.15) is 0 Å². The Hall–Kier alpha value is -1.76. The van der Waals surface area contributed by atoms with Crippen molar-refractivity contribution in [2.24, 2.45) is 0 Å². The van der Waals surface area contributed by atoms with Gasteiger partial charge in [-0.1, -0.05) is 0 Å². The van der Waals surface area contributed by atoms with Crippen LogP contribution in [0.1, 0.15) is 18.4 Å². The molecule has 1 amide bonds. The van der Waals surface area contributed by atoms with Gasteiger partial charge >= 0.3 is 0 Å². The average molecular weight is 205 g/mol. The maximum atomic E-state index is 11.4. The number of aromatic nitrogens is 1. The summed E-state index contributed by atoms with van der Waals surface area (Å²) in [7, 11) is 1.77. The molecule has 0 aliphatic heterocycles. The van der Waals surface area contributed by atoms with Crippen LogP contribution in [0.2, 0.25) is 0 Å². The minimum Gasteiger partial charge on any atom is -0.367 e. The van der Waals surface area contributed by atoms with E-state index in [1.54, 1.807) is 11.9 Å². The van der Waals surface area contributed by atoms with Gasteiger partial charge in [-0.2, -0.15) is 5.26 Å². The Labute approximate surface area is 89.5 Å². The molecule has 4 nitrogen and oxygen atoms in total. The van der Waals surface area contributed by atoms with Gasteiger partial charge in [0.25, 0.3) is 0 Å². The first-order chi connectivity index (χ1) is 7.24. The summed E-state index contributed by atoms with van der Waals surface area (Å²) in [5.74, 6) is 0.0343. The number of likely N-dealkylation sites (N-methyl/N-ethyl adjacent to an activating group) is 1. The van der Waals surface area contributed by atoms with Crippen molar-refractivity contribution < 1.29 is 4.79 Å². The van der Waals surface area contributed by atoms with E-state index < -0.39 is 0 Å². The third-order valence-corrected chi connectivity index (χ3v) is 2.27. The number of carbonyl (C=O) groups excluding carboxylic acids is 1. The maximum absolute atomic E-state index is 11.4. The van der Waals surface area contributed by atoms with E-state index in [2.05, 4.69) is 4.98 Å². The molecule has 0 atom stereocenters. The zero-order valence-electron chi connectivity index (χ0n) is 8.86. The van der Waals surface area contributed by atoms with Crippen LogP contribution >= 0.6 is 0 Å². The highest BCUT2D eigenvalue weighted by Gasteiger charge is 2.07.